The number of benzene rings is 1. The van der Waals surface area contributed by atoms with Gasteiger partial charge in [-0.3, -0.25) is 19.1 Å². The number of nitrogens with zero attached hydrogens (tertiary/aromatic N) is 6. The summed E-state index contributed by atoms with van der Waals surface area (Å²) in [6, 6.07) is 10.8. The minimum atomic E-state index is -1.39. The van der Waals surface area contributed by atoms with Crippen LogP contribution < -0.4 is 32.3 Å². The van der Waals surface area contributed by atoms with E-state index in [9.17, 15) is 14.4 Å². The number of hydrogen-bond donors (Lipinski definition) is 5. The van der Waals surface area contributed by atoms with Crippen LogP contribution in [0.3, 0.4) is 0 Å². The van der Waals surface area contributed by atoms with Crippen LogP contribution in [0.5, 0.6) is 0 Å². The van der Waals surface area contributed by atoms with E-state index in [0.717, 1.165) is 41.8 Å². The lowest BCUT2D eigenvalue weighted by molar-refractivity contribution is -0.121. The largest absolute Gasteiger partial charge is 0.393 e. The molecule has 16 heteroatoms. The zero-order chi connectivity index (χ0) is 38.4. The molecule has 1 saturated heterocycles. The van der Waals surface area contributed by atoms with E-state index in [-0.39, 0.29) is 58.8 Å². The van der Waals surface area contributed by atoms with E-state index in [4.69, 9.17) is 32.3 Å². The molecule has 4 radical (unpaired) electrons. The van der Waals surface area contributed by atoms with Gasteiger partial charge >= 0.3 is 0 Å². The molecule has 2 aromatic heterocycles. The van der Waals surface area contributed by atoms with Gasteiger partial charge in [-0.1, -0.05) is 25.1 Å². The van der Waals surface area contributed by atoms with Gasteiger partial charge in [0, 0.05) is 69.1 Å². The molecule has 1 aliphatic carbocycles. The van der Waals surface area contributed by atoms with Gasteiger partial charge in [-0.25, -0.2) is 4.98 Å². The second-order valence-electron chi connectivity index (χ2n) is 14.6. The second-order valence-corrected chi connectivity index (χ2v) is 14.6. The number of aromatic nitrogens is 3. The van der Waals surface area contributed by atoms with Crippen molar-refractivity contribution < 1.29 is 14.4 Å². The Bertz CT molecular complexity index is 1980. The summed E-state index contributed by atoms with van der Waals surface area (Å²) in [6.07, 6.45) is 5.80. The van der Waals surface area contributed by atoms with Crippen molar-refractivity contribution in [2.75, 3.05) is 44.4 Å². The van der Waals surface area contributed by atoms with E-state index in [1.807, 2.05) is 50.2 Å². The fraction of sp³-hybridized carbons (Fsp3) is 0.432. The van der Waals surface area contributed by atoms with Crippen LogP contribution in [0.1, 0.15) is 74.0 Å². The molecule has 7 N–H and O–H groups in total. The highest BCUT2D eigenvalue weighted by atomic mass is 16.2. The molecule has 274 valence electrons. The number of amides is 3. The first-order valence-corrected chi connectivity index (χ1v) is 17.9. The number of fused-ring (bicyclic) bond motifs is 3. The molecular weight excluding hydrogens is 668 g/mol. The summed E-state index contributed by atoms with van der Waals surface area (Å²) in [4.78, 5) is 48.2. The van der Waals surface area contributed by atoms with Gasteiger partial charge in [-0.15, -0.1) is 0 Å². The molecular formula is C37H47B2N11O3. The maximum Gasteiger partial charge on any atom is 0.271 e. The third-order valence-electron chi connectivity index (χ3n) is 9.94. The average molecular weight is 715 g/mol. The first kappa shape index (κ1) is 37.5. The van der Waals surface area contributed by atoms with Gasteiger partial charge in [0.1, 0.15) is 17.2 Å². The molecule has 53 heavy (non-hydrogen) atoms. The highest BCUT2D eigenvalue weighted by Gasteiger charge is 2.43. The third-order valence-corrected chi connectivity index (χ3v) is 9.94. The Hall–Kier alpha value is -5.24. The minimum Gasteiger partial charge on any atom is -0.393 e. The van der Waals surface area contributed by atoms with Crippen LogP contribution in [0.2, 0.25) is 0 Å². The number of nitrogens with one attached hydrogen (secondary N) is 3. The van der Waals surface area contributed by atoms with Crippen LogP contribution in [0.25, 0.3) is 11.1 Å². The van der Waals surface area contributed by atoms with Gasteiger partial charge in [0.25, 0.3) is 11.8 Å². The lowest BCUT2D eigenvalue weighted by atomic mass is 9.57. The van der Waals surface area contributed by atoms with E-state index in [2.05, 4.69) is 37.4 Å². The summed E-state index contributed by atoms with van der Waals surface area (Å²) < 4.78 is 2.07. The predicted molar refractivity (Wildman–Crippen MR) is 206 cm³/mol. The topological polar surface area (TPSA) is 180 Å². The number of carbonyl (C=O) groups excluding carboxylic acids is 3. The molecule has 2 fully saturated rings. The fourth-order valence-electron chi connectivity index (χ4n) is 6.90. The Morgan fingerprint density at radius 1 is 1.08 bits per heavy atom. The molecule has 2 aliphatic heterocycles. The van der Waals surface area contributed by atoms with Crippen LogP contribution in [-0.2, 0) is 14.9 Å². The van der Waals surface area contributed by atoms with Gasteiger partial charge in [-0.05, 0) is 56.6 Å². The highest BCUT2D eigenvalue weighted by molar-refractivity contribution is 6.39. The minimum absolute atomic E-state index is 0.00473. The summed E-state index contributed by atoms with van der Waals surface area (Å²) in [5.41, 5.74) is 18.2. The number of likely N-dealkylation sites (tertiary alicyclic amines) is 1. The monoisotopic (exact) mass is 715 g/mol. The van der Waals surface area contributed by atoms with Crippen molar-refractivity contribution in [2.24, 2.45) is 17.4 Å². The molecule has 3 amide bonds. The Morgan fingerprint density at radius 3 is 2.42 bits per heavy atom. The first-order valence-electron chi connectivity index (χ1n) is 17.9. The van der Waals surface area contributed by atoms with E-state index in [0.29, 0.717) is 24.5 Å². The number of rotatable bonds is 12. The van der Waals surface area contributed by atoms with Crippen molar-refractivity contribution in [3.8, 4) is 11.1 Å². The van der Waals surface area contributed by atoms with Gasteiger partial charge in [-0.2, -0.15) is 5.10 Å². The summed E-state index contributed by atoms with van der Waals surface area (Å²) in [7, 11) is 18.7. The Balaban J connectivity index is 1.29. The fourth-order valence-corrected chi connectivity index (χ4v) is 6.90. The molecule has 0 bridgehead atoms. The molecule has 1 aromatic carbocycles. The molecule has 1 atom stereocenters. The number of nitrogens with two attached hydrogens (primary N) is 2. The normalized spacial score (nSPS) is 18.1. The standard InChI is InChI=1S/C37H47B2N11O3/c1-7-28-33-24(17-42-50(33)22-18-49(19-22)37(38,39)29-13-9-12-26(45-29)36(53)47(4)5)23-10-8-11-25(32(23)48(28)6)44-27(31(41)35(52)43-20(2)3)16-30(40)46-34(51)21-14-15-21/h8-13,16-17,20-22,28,44H,7,14-15,18-19,40-41H2,1-6H3,(H,43,52)(H,46,51)/b30-16+,31-27+/t28-/m0/s1. The predicted octanol–water partition coefficient (Wildman–Crippen LogP) is 1.99. The van der Waals surface area contributed by atoms with E-state index in [1.54, 1.807) is 32.3 Å². The van der Waals surface area contributed by atoms with Gasteiger partial charge < -0.3 is 42.1 Å². The number of allylic oxidation sites excluding steroid dienone is 1. The van der Waals surface area contributed by atoms with Crippen LogP contribution in [0.15, 0.2) is 65.9 Å². The maximum absolute atomic E-state index is 13.1. The van der Waals surface area contributed by atoms with Crippen molar-refractivity contribution in [1.29, 1.82) is 0 Å². The zero-order valence-electron chi connectivity index (χ0n) is 31.2. The summed E-state index contributed by atoms with van der Waals surface area (Å²) in [5, 5.41) is 12.4. The maximum atomic E-state index is 13.1. The van der Waals surface area contributed by atoms with Crippen LogP contribution in [-0.4, -0.2) is 98.3 Å². The number of pyridine rings is 1. The van der Waals surface area contributed by atoms with E-state index >= 15 is 0 Å². The van der Waals surface area contributed by atoms with E-state index in [1.165, 1.54) is 11.0 Å². The molecule has 0 spiro atoms. The van der Waals surface area contributed by atoms with Crippen LogP contribution >= 0.6 is 0 Å². The SMILES string of the molecule is [B]C([B])(c1cccc(C(=O)N(C)C)n1)N1CC(n2ncc3c2[C@H](CC)N(C)c2c(NC(/C=C(\N)NC(=O)C4CC4)=C(/N)C(=O)NC(C)C)cccc2-3)C1. The van der Waals surface area contributed by atoms with Crippen LogP contribution in [0, 0.1) is 5.92 Å². The van der Waals surface area contributed by atoms with Crippen molar-refractivity contribution in [3.63, 3.8) is 0 Å². The number of anilines is 2. The molecule has 4 heterocycles. The van der Waals surface area contributed by atoms with Crippen molar-refractivity contribution in [2.45, 2.75) is 63.5 Å². The van der Waals surface area contributed by atoms with Gasteiger partial charge in [0.2, 0.25) is 5.91 Å². The van der Waals surface area contributed by atoms with Crippen molar-refractivity contribution in [3.05, 3.63) is 83.0 Å². The van der Waals surface area contributed by atoms with Crippen molar-refractivity contribution >= 4 is 44.8 Å². The first-order chi connectivity index (χ1) is 25.1. The lowest BCUT2D eigenvalue weighted by Gasteiger charge is -2.50. The van der Waals surface area contributed by atoms with Gasteiger partial charge in [0.05, 0.1) is 56.7 Å². The Kier molecular flexibility index (Phi) is 10.4. The Morgan fingerprint density at radius 2 is 1.77 bits per heavy atom. The smallest absolute Gasteiger partial charge is 0.271 e. The second kappa shape index (κ2) is 14.6. The third kappa shape index (κ3) is 7.37. The summed E-state index contributed by atoms with van der Waals surface area (Å²) in [5.74, 6) is -0.823. The Labute approximate surface area is 313 Å². The number of hydrogen-bond acceptors (Lipinski definition) is 10. The van der Waals surface area contributed by atoms with Gasteiger partial charge in [0.15, 0.2) is 0 Å². The highest BCUT2D eigenvalue weighted by Crippen LogP contribution is 2.50. The molecule has 1 saturated carbocycles. The quantitative estimate of drug-likeness (QED) is 0.106. The zero-order valence-corrected chi connectivity index (χ0v) is 31.2. The molecule has 0 unspecified atom stereocenters. The summed E-state index contributed by atoms with van der Waals surface area (Å²) >= 11 is 0. The van der Waals surface area contributed by atoms with Crippen LogP contribution in [0.4, 0.5) is 11.4 Å². The lowest BCUT2D eigenvalue weighted by Crippen LogP contribution is -2.60. The average Bonchev–Trinajstić information content (AvgIpc) is 3.86. The summed E-state index contributed by atoms with van der Waals surface area (Å²) in [6.45, 7) is 6.87. The molecule has 6 rings (SSSR count). The number of para-hydroxylation sites is 1. The number of carbonyl (C=O) groups is 3. The molecule has 3 aromatic rings. The van der Waals surface area contributed by atoms with Crippen molar-refractivity contribution in [1.82, 2.24) is 35.2 Å². The van der Waals surface area contributed by atoms with E-state index < -0.39 is 11.2 Å². The molecule has 14 nitrogen and oxygen atoms in total. The molecule has 3 aliphatic rings.